The maximum atomic E-state index is 14.8. The molecule has 21 heavy (non-hydrogen) atoms. The first kappa shape index (κ1) is 12.9. The van der Waals surface area contributed by atoms with Crippen molar-refractivity contribution in [1.29, 1.82) is 0 Å². The van der Waals surface area contributed by atoms with E-state index in [0.29, 0.717) is 30.2 Å². The Morgan fingerprint density at radius 3 is 2.81 bits per heavy atom. The second-order valence-electron chi connectivity index (χ2n) is 5.70. The summed E-state index contributed by atoms with van der Waals surface area (Å²) in [5.74, 6) is 0.650. The Bertz CT molecular complexity index is 689. The summed E-state index contributed by atoms with van der Waals surface area (Å²) in [6.45, 7) is 1.79. The molecular formula is C15H16F2N4. The van der Waals surface area contributed by atoms with Crippen molar-refractivity contribution in [1.82, 2.24) is 19.9 Å². The third kappa shape index (κ3) is 2.05. The summed E-state index contributed by atoms with van der Waals surface area (Å²) in [5.41, 5.74) is 1.29. The van der Waals surface area contributed by atoms with Gasteiger partial charge in [0, 0.05) is 12.3 Å². The van der Waals surface area contributed by atoms with Gasteiger partial charge in [-0.1, -0.05) is 0 Å². The minimum Gasteiger partial charge on any atom is -0.317 e. The van der Waals surface area contributed by atoms with Gasteiger partial charge in [-0.2, -0.15) is 4.39 Å². The van der Waals surface area contributed by atoms with Crippen LogP contribution in [0.2, 0.25) is 0 Å². The van der Waals surface area contributed by atoms with Crippen LogP contribution in [0.4, 0.5) is 8.78 Å². The molecule has 0 aliphatic carbocycles. The predicted octanol–water partition coefficient (Wildman–Crippen LogP) is 2.11. The maximum Gasteiger partial charge on any atom is 0.222 e. The van der Waals surface area contributed by atoms with Crippen LogP contribution in [0.15, 0.2) is 12.3 Å². The molecule has 0 spiro atoms. The van der Waals surface area contributed by atoms with Crippen LogP contribution >= 0.6 is 0 Å². The number of hydrogen-bond acceptors (Lipinski definition) is 3. The molecule has 4 heterocycles. The molecule has 2 aromatic heterocycles. The SMILES string of the molecule is Fc1cnc2c(c1)CCc1nc(C3CCNCC3)c(F)n1-2. The minimum atomic E-state index is -0.378. The van der Waals surface area contributed by atoms with Crippen molar-refractivity contribution in [3.8, 4) is 5.82 Å². The van der Waals surface area contributed by atoms with Crippen molar-refractivity contribution < 1.29 is 8.78 Å². The molecule has 2 aromatic rings. The normalized spacial score (nSPS) is 18.4. The number of pyridine rings is 1. The first-order chi connectivity index (χ1) is 10.2. The first-order valence-corrected chi connectivity index (χ1v) is 7.36. The molecule has 4 nitrogen and oxygen atoms in total. The van der Waals surface area contributed by atoms with Gasteiger partial charge in [-0.05, 0) is 44.0 Å². The molecule has 0 amide bonds. The second kappa shape index (κ2) is 4.87. The van der Waals surface area contributed by atoms with Crippen molar-refractivity contribution in [3.05, 3.63) is 41.1 Å². The van der Waals surface area contributed by atoms with Crippen LogP contribution in [0.25, 0.3) is 5.82 Å². The average Bonchev–Trinajstić information content (AvgIpc) is 2.85. The molecule has 0 unspecified atom stereocenters. The number of piperidine rings is 1. The summed E-state index contributed by atoms with van der Waals surface area (Å²) < 4.78 is 29.6. The molecule has 0 radical (unpaired) electrons. The lowest BCUT2D eigenvalue weighted by molar-refractivity contribution is 0.431. The summed E-state index contributed by atoms with van der Waals surface area (Å²) in [7, 11) is 0. The summed E-state index contributed by atoms with van der Waals surface area (Å²) in [6, 6.07) is 1.44. The first-order valence-electron chi connectivity index (χ1n) is 7.36. The van der Waals surface area contributed by atoms with Gasteiger partial charge in [-0.3, -0.25) is 4.57 Å². The van der Waals surface area contributed by atoms with Crippen molar-refractivity contribution in [2.75, 3.05) is 13.1 Å². The van der Waals surface area contributed by atoms with Crippen molar-refractivity contribution in [2.24, 2.45) is 0 Å². The summed E-state index contributed by atoms with van der Waals surface area (Å²) >= 11 is 0. The van der Waals surface area contributed by atoms with E-state index in [-0.39, 0.29) is 17.7 Å². The lowest BCUT2D eigenvalue weighted by Gasteiger charge is -2.20. The molecule has 2 aliphatic heterocycles. The third-order valence-electron chi connectivity index (χ3n) is 4.38. The van der Waals surface area contributed by atoms with Gasteiger partial charge in [0.15, 0.2) is 0 Å². The largest absolute Gasteiger partial charge is 0.317 e. The number of fused-ring (bicyclic) bond motifs is 3. The van der Waals surface area contributed by atoms with E-state index < -0.39 is 0 Å². The van der Waals surface area contributed by atoms with E-state index in [1.807, 2.05) is 0 Å². The maximum absolute atomic E-state index is 14.8. The zero-order valence-electron chi connectivity index (χ0n) is 11.6. The highest BCUT2D eigenvalue weighted by molar-refractivity contribution is 5.40. The number of nitrogens with zero attached hydrogens (tertiary/aromatic N) is 3. The highest BCUT2D eigenvalue weighted by Crippen LogP contribution is 2.32. The lowest BCUT2D eigenvalue weighted by atomic mass is 9.95. The summed E-state index contributed by atoms with van der Waals surface area (Å²) in [4.78, 5) is 8.60. The number of hydrogen-bond donors (Lipinski definition) is 1. The van der Waals surface area contributed by atoms with Gasteiger partial charge >= 0.3 is 0 Å². The summed E-state index contributed by atoms with van der Waals surface area (Å²) in [6.07, 6.45) is 4.22. The minimum absolute atomic E-state index is 0.160. The van der Waals surface area contributed by atoms with E-state index in [2.05, 4.69) is 15.3 Å². The Balaban J connectivity index is 1.81. The zero-order valence-corrected chi connectivity index (χ0v) is 11.6. The van der Waals surface area contributed by atoms with Crippen LogP contribution in [-0.2, 0) is 12.8 Å². The van der Waals surface area contributed by atoms with E-state index in [1.165, 1.54) is 10.6 Å². The zero-order chi connectivity index (χ0) is 14.4. The predicted molar refractivity (Wildman–Crippen MR) is 73.5 cm³/mol. The Morgan fingerprint density at radius 1 is 1.19 bits per heavy atom. The molecule has 2 aliphatic rings. The standard InChI is InChI=1S/C15H16F2N4/c16-11-7-10-1-2-12-20-13(9-3-5-18-6-4-9)14(17)21(12)15(10)19-8-11/h7-9,18H,1-6H2. The van der Waals surface area contributed by atoms with Crippen LogP contribution in [0.1, 0.15) is 35.8 Å². The van der Waals surface area contributed by atoms with Crippen LogP contribution < -0.4 is 5.32 Å². The second-order valence-corrected chi connectivity index (χ2v) is 5.70. The van der Waals surface area contributed by atoms with E-state index in [9.17, 15) is 8.78 Å². The third-order valence-corrected chi connectivity index (χ3v) is 4.38. The lowest BCUT2D eigenvalue weighted by Crippen LogP contribution is -2.27. The van der Waals surface area contributed by atoms with Gasteiger partial charge in [0.25, 0.3) is 0 Å². The molecule has 1 N–H and O–H groups in total. The fourth-order valence-corrected chi connectivity index (χ4v) is 3.31. The Kier molecular flexibility index (Phi) is 2.99. The van der Waals surface area contributed by atoms with Crippen LogP contribution in [0.3, 0.4) is 0 Å². The van der Waals surface area contributed by atoms with E-state index in [1.54, 1.807) is 0 Å². The number of rotatable bonds is 1. The number of nitrogens with one attached hydrogen (secondary N) is 1. The van der Waals surface area contributed by atoms with Crippen LogP contribution in [-0.4, -0.2) is 27.6 Å². The number of aromatic nitrogens is 3. The van der Waals surface area contributed by atoms with E-state index >= 15 is 0 Å². The molecule has 0 bridgehead atoms. The number of imidazole rings is 1. The Morgan fingerprint density at radius 2 is 2.00 bits per heavy atom. The van der Waals surface area contributed by atoms with Gasteiger partial charge in [-0.25, -0.2) is 14.4 Å². The van der Waals surface area contributed by atoms with Gasteiger partial charge in [0.05, 0.1) is 11.9 Å². The monoisotopic (exact) mass is 290 g/mol. The molecular weight excluding hydrogens is 274 g/mol. The topological polar surface area (TPSA) is 42.7 Å². The average molecular weight is 290 g/mol. The molecule has 4 rings (SSSR count). The van der Waals surface area contributed by atoms with Crippen molar-refractivity contribution in [2.45, 2.75) is 31.6 Å². The van der Waals surface area contributed by atoms with Gasteiger partial charge in [0.2, 0.25) is 5.95 Å². The van der Waals surface area contributed by atoms with Crippen molar-refractivity contribution in [3.63, 3.8) is 0 Å². The van der Waals surface area contributed by atoms with Gasteiger partial charge in [-0.15, -0.1) is 0 Å². The molecule has 1 fully saturated rings. The Labute approximate surface area is 121 Å². The Hall–Kier alpha value is -1.82. The fraction of sp³-hybridized carbons (Fsp3) is 0.467. The van der Waals surface area contributed by atoms with Crippen molar-refractivity contribution >= 4 is 0 Å². The molecule has 0 saturated carbocycles. The van der Waals surface area contributed by atoms with Gasteiger partial charge < -0.3 is 5.32 Å². The molecule has 110 valence electrons. The fourth-order valence-electron chi connectivity index (χ4n) is 3.31. The smallest absolute Gasteiger partial charge is 0.222 e. The molecule has 0 atom stereocenters. The van der Waals surface area contributed by atoms with Gasteiger partial charge in [0.1, 0.15) is 17.5 Å². The van der Waals surface area contributed by atoms with E-state index in [0.717, 1.165) is 37.7 Å². The molecule has 6 heteroatoms. The number of aryl methyl sites for hydroxylation is 2. The van der Waals surface area contributed by atoms with E-state index in [4.69, 9.17) is 0 Å². The highest BCUT2D eigenvalue weighted by Gasteiger charge is 2.29. The highest BCUT2D eigenvalue weighted by atomic mass is 19.1. The van der Waals surface area contributed by atoms with Crippen LogP contribution in [0, 0.1) is 11.8 Å². The number of halogens is 2. The quantitative estimate of drug-likeness (QED) is 0.874. The molecule has 1 saturated heterocycles. The molecule has 0 aromatic carbocycles. The van der Waals surface area contributed by atoms with Crippen LogP contribution in [0.5, 0.6) is 0 Å². The summed E-state index contributed by atoms with van der Waals surface area (Å²) in [5, 5.41) is 3.28.